The number of furan rings is 1. The van der Waals surface area contributed by atoms with Crippen molar-refractivity contribution in [3.05, 3.63) is 23.7 Å². The van der Waals surface area contributed by atoms with E-state index in [9.17, 15) is 13.9 Å². The fraction of sp³-hybridized carbons (Fsp3) is 0.692. The molecule has 1 saturated carbocycles. The van der Waals surface area contributed by atoms with E-state index in [1.807, 2.05) is 0 Å². The summed E-state index contributed by atoms with van der Waals surface area (Å²) in [7, 11) is 0. The van der Waals surface area contributed by atoms with Gasteiger partial charge in [0.1, 0.15) is 11.5 Å². The fourth-order valence-corrected chi connectivity index (χ4v) is 2.82. The van der Waals surface area contributed by atoms with Gasteiger partial charge in [-0.15, -0.1) is 0 Å². The maximum atomic E-state index is 12.0. The van der Waals surface area contributed by atoms with E-state index in [1.165, 1.54) is 0 Å². The first kappa shape index (κ1) is 14.8. The number of halogens is 2. The third-order valence-electron chi connectivity index (χ3n) is 3.39. The number of aliphatic hydroxyl groups is 1. The normalized spacial score (nSPS) is 23.4. The maximum Gasteiger partial charge on any atom is 0.284 e. The highest BCUT2D eigenvalue weighted by molar-refractivity contribution is 7.98. The molecule has 1 aromatic rings. The van der Waals surface area contributed by atoms with Gasteiger partial charge in [0.2, 0.25) is 0 Å². The van der Waals surface area contributed by atoms with E-state index in [4.69, 9.17) is 4.42 Å². The molecule has 1 fully saturated rings. The minimum Gasteiger partial charge on any atom is -0.464 e. The Labute approximate surface area is 115 Å². The maximum absolute atomic E-state index is 12.0. The summed E-state index contributed by atoms with van der Waals surface area (Å²) in [6.07, 6.45) is 2.84. The molecule has 0 bridgehead atoms. The monoisotopic (exact) mass is 291 g/mol. The SMILES string of the molecule is OC1CCCC1CNCc1ccc(CSC(F)F)o1. The minimum absolute atomic E-state index is 0.192. The van der Waals surface area contributed by atoms with E-state index >= 15 is 0 Å². The van der Waals surface area contributed by atoms with Crippen molar-refractivity contribution in [2.45, 2.75) is 43.4 Å². The van der Waals surface area contributed by atoms with Crippen LogP contribution in [-0.4, -0.2) is 23.5 Å². The molecular weight excluding hydrogens is 272 g/mol. The Morgan fingerprint density at radius 2 is 2.16 bits per heavy atom. The summed E-state index contributed by atoms with van der Waals surface area (Å²) in [5.74, 6) is -0.529. The second kappa shape index (κ2) is 7.26. The summed E-state index contributed by atoms with van der Waals surface area (Å²) in [6.45, 7) is 1.34. The van der Waals surface area contributed by atoms with Gasteiger partial charge in [-0.2, -0.15) is 8.78 Å². The number of aliphatic hydroxyl groups excluding tert-OH is 1. The topological polar surface area (TPSA) is 45.4 Å². The number of nitrogens with one attached hydrogen (secondary N) is 1. The molecule has 3 nitrogen and oxygen atoms in total. The van der Waals surface area contributed by atoms with Crippen LogP contribution in [0.1, 0.15) is 30.8 Å². The minimum atomic E-state index is -2.37. The Kier molecular flexibility index (Phi) is 5.66. The van der Waals surface area contributed by atoms with E-state index in [0.29, 0.717) is 30.0 Å². The number of hydrogen-bond acceptors (Lipinski definition) is 4. The van der Waals surface area contributed by atoms with Crippen LogP contribution in [0.4, 0.5) is 8.78 Å². The molecule has 2 N–H and O–H groups in total. The van der Waals surface area contributed by atoms with Crippen LogP contribution >= 0.6 is 11.8 Å². The number of alkyl halides is 2. The standard InChI is InChI=1S/C13H19F2NO2S/c14-13(15)19-8-11-5-4-10(18-11)7-16-6-9-2-1-3-12(9)17/h4-5,9,12-13,16-17H,1-3,6-8H2. The van der Waals surface area contributed by atoms with Gasteiger partial charge in [0.15, 0.2) is 0 Å². The fourth-order valence-electron chi connectivity index (χ4n) is 2.38. The van der Waals surface area contributed by atoms with Crippen LogP contribution in [0.5, 0.6) is 0 Å². The summed E-state index contributed by atoms with van der Waals surface area (Å²) in [6, 6.07) is 3.54. The quantitative estimate of drug-likeness (QED) is 0.810. The van der Waals surface area contributed by atoms with Crippen molar-refractivity contribution in [3.63, 3.8) is 0 Å². The summed E-state index contributed by atoms with van der Waals surface area (Å²) in [5.41, 5.74) is 0. The lowest BCUT2D eigenvalue weighted by atomic mass is 10.1. The van der Waals surface area contributed by atoms with Crippen molar-refractivity contribution in [1.29, 1.82) is 0 Å². The molecule has 1 aliphatic carbocycles. The van der Waals surface area contributed by atoms with Crippen LogP contribution < -0.4 is 5.32 Å². The third kappa shape index (κ3) is 4.78. The molecule has 0 radical (unpaired) electrons. The van der Waals surface area contributed by atoms with E-state index in [2.05, 4.69) is 5.32 Å². The zero-order valence-corrected chi connectivity index (χ0v) is 11.5. The molecule has 1 heterocycles. The summed E-state index contributed by atoms with van der Waals surface area (Å²) >= 11 is 0.562. The zero-order chi connectivity index (χ0) is 13.7. The lowest BCUT2D eigenvalue weighted by Crippen LogP contribution is -2.27. The number of rotatable bonds is 7. The van der Waals surface area contributed by atoms with Gasteiger partial charge in [-0.1, -0.05) is 18.2 Å². The zero-order valence-electron chi connectivity index (χ0n) is 10.6. The molecule has 1 aliphatic rings. The number of thioether (sulfide) groups is 1. The first-order valence-electron chi connectivity index (χ1n) is 6.51. The van der Waals surface area contributed by atoms with Crippen LogP contribution in [0, 0.1) is 5.92 Å². The highest BCUT2D eigenvalue weighted by Gasteiger charge is 2.24. The first-order valence-corrected chi connectivity index (χ1v) is 7.56. The molecule has 1 aromatic heterocycles. The Morgan fingerprint density at radius 3 is 2.84 bits per heavy atom. The Morgan fingerprint density at radius 1 is 1.37 bits per heavy atom. The molecule has 19 heavy (non-hydrogen) atoms. The molecule has 0 amide bonds. The molecule has 2 rings (SSSR count). The van der Waals surface area contributed by atoms with Crippen molar-refractivity contribution >= 4 is 11.8 Å². The largest absolute Gasteiger partial charge is 0.464 e. The highest BCUT2D eigenvalue weighted by atomic mass is 32.2. The second-order valence-corrected chi connectivity index (χ2v) is 5.81. The first-order chi connectivity index (χ1) is 9.15. The van der Waals surface area contributed by atoms with Gasteiger partial charge in [0.25, 0.3) is 5.76 Å². The van der Waals surface area contributed by atoms with Gasteiger partial charge in [0.05, 0.1) is 18.4 Å². The van der Waals surface area contributed by atoms with E-state index < -0.39 is 5.76 Å². The van der Waals surface area contributed by atoms with Gasteiger partial charge in [0, 0.05) is 6.54 Å². The third-order valence-corrected chi connectivity index (χ3v) is 4.10. The Hall–Kier alpha value is -0.590. The van der Waals surface area contributed by atoms with Gasteiger partial charge in [-0.05, 0) is 30.9 Å². The van der Waals surface area contributed by atoms with Crippen LogP contribution in [0.2, 0.25) is 0 Å². The van der Waals surface area contributed by atoms with Crippen molar-refractivity contribution in [1.82, 2.24) is 5.32 Å². The lowest BCUT2D eigenvalue weighted by Gasteiger charge is -2.14. The van der Waals surface area contributed by atoms with Gasteiger partial charge < -0.3 is 14.8 Å². The Balaban J connectivity index is 1.68. The van der Waals surface area contributed by atoms with Crippen LogP contribution in [0.25, 0.3) is 0 Å². The van der Waals surface area contributed by atoms with Crippen LogP contribution in [-0.2, 0) is 12.3 Å². The lowest BCUT2D eigenvalue weighted by molar-refractivity contribution is 0.131. The molecule has 0 saturated heterocycles. The summed E-state index contributed by atoms with van der Waals surface area (Å²) in [4.78, 5) is 0. The molecule has 6 heteroatoms. The molecule has 0 spiro atoms. The molecular formula is C13H19F2NO2S. The predicted molar refractivity (Wildman–Crippen MR) is 71.1 cm³/mol. The molecule has 2 atom stereocenters. The molecule has 108 valence electrons. The highest BCUT2D eigenvalue weighted by Crippen LogP contribution is 2.25. The van der Waals surface area contributed by atoms with Crippen molar-refractivity contribution in [2.75, 3.05) is 6.54 Å². The van der Waals surface area contributed by atoms with Gasteiger partial charge in [-0.25, -0.2) is 0 Å². The predicted octanol–water partition coefficient (Wildman–Crippen LogP) is 2.99. The molecule has 0 aromatic carbocycles. The number of hydrogen-bond donors (Lipinski definition) is 2. The summed E-state index contributed by atoms with van der Waals surface area (Å²) in [5, 5.41) is 12.9. The van der Waals surface area contributed by atoms with E-state index in [1.54, 1.807) is 12.1 Å². The van der Waals surface area contributed by atoms with Crippen molar-refractivity contribution in [3.8, 4) is 0 Å². The van der Waals surface area contributed by atoms with Crippen molar-refractivity contribution < 1.29 is 18.3 Å². The summed E-state index contributed by atoms with van der Waals surface area (Å²) < 4.78 is 29.5. The van der Waals surface area contributed by atoms with Crippen molar-refractivity contribution in [2.24, 2.45) is 5.92 Å². The Bertz CT molecular complexity index is 386. The second-order valence-electron chi connectivity index (χ2n) is 4.83. The average Bonchev–Trinajstić information content (AvgIpc) is 2.97. The molecule has 2 unspecified atom stereocenters. The van der Waals surface area contributed by atoms with Gasteiger partial charge in [-0.3, -0.25) is 0 Å². The smallest absolute Gasteiger partial charge is 0.284 e. The van der Waals surface area contributed by atoms with Crippen LogP contribution in [0.3, 0.4) is 0 Å². The van der Waals surface area contributed by atoms with Gasteiger partial charge >= 0.3 is 0 Å². The van der Waals surface area contributed by atoms with E-state index in [-0.39, 0.29) is 11.9 Å². The van der Waals surface area contributed by atoms with Crippen LogP contribution in [0.15, 0.2) is 16.5 Å². The average molecular weight is 291 g/mol. The van der Waals surface area contributed by atoms with E-state index in [0.717, 1.165) is 31.6 Å². The molecule has 0 aliphatic heterocycles.